The molecule has 3 amide bonds. The Morgan fingerprint density at radius 1 is 1.50 bits per heavy atom. The van der Waals surface area contributed by atoms with Gasteiger partial charge in [0.15, 0.2) is 0 Å². The fourth-order valence-corrected chi connectivity index (χ4v) is 2.50. The van der Waals surface area contributed by atoms with E-state index in [-0.39, 0.29) is 6.42 Å². The molecule has 5 N–H and O–H groups in total. The van der Waals surface area contributed by atoms with Gasteiger partial charge in [0.1, 0.15) is 5.00 Å². The van der Waals surface area contributed by atoms with Gasteiger partial charge in [-0.25, -0.2) is 4.79 Å². The molecular formula is C7H8BrN3O2S. The van der Waals surface area contributed by atoms with Crippen LogP contribution in [0, 0.1) is 0 Å². The predicted molar refractivity (Wildman–Crippen MR) is 58.1 cm³/mol. The summed E-state index contributed by atoms with van der Waals surface area (Å²) in [4.78, 5) is 21.3. The highest BCUT2D eigenvalue weighted by molar-refractivity contribution is 9.11. The highest BCUT2D eigenvalue weighted by Crippen LogP contribution is 2.32. The minimum atomic E-state index is -0.662. The molecular weight excluding hydrogens is 270 g/mol. The lowest BCUT2D eigenvalue weighted by Gasteiger charge is -2.00. The molecule has 0 aliphatic carbocycles. The number of hydrogen-bond donors (Lipinski definition) is 3. The molecule has 0 bridgehead atoms. The van der Waals surface area contributed by atoms with Crippen molar-refractivity contribution in [2.45, 2.75) is 6.42 Å². The van der Waals surface area contributed by atoms with Crippen molar-refractivity contribution in [1.82, 2.24) is 0 Å². The smallest absolute Gasteiger partial charge is 0.317 e. The third kappa shape index (κ3) is 3.00. The highest BCUT2D eigenvalue weighted by atomic mass is 79.9. The molecule has 1 rings (SSSR count). The number of thiophene rings is 1. The fourth-order valence-electron chi connectivity index (χ4n) is 0.932. The van der Waals surface area contributed by atoms with Crippen LogP contribution in [0.5, 0.6) is 0 Å². The average molecular weight is 278 g/mol. The van der Waals surface area contributed by atoms with Crippen LogP contribution in [0.4, 0.5) is 9.80 Å². The Morgan fingerprint density at radius 3 is 2.64 bits per heavy atom. The highest BCUT2D eigenvalue weighted by Gasteiger charge is 2.11. The maximum Gasteiger partial charge on any atom is 0.317 e. The molecule has 0 unspecified atom stereocenters. The molecule has 1 aromatic heterocycles. The molecule has 0 saturated heterocycles. The van der Waals surface area contributed by atoms with Crippen molar-refractivity contribution in [1.29, 1.82) is 0 Å². The molecule has 1 heterocycles. The first-order valence-electron chi connectivity index (χ1n) is 3.62. The van der Waals surface area contributed by atoms with Crippen LogP contribution in [0.1, 0.15) is 5.56 Å². The maximum atomic E-state index is 10.7. The fraction of sp³-hybridized carbons (Fsp3) is 0.143. The Balaban J connectivity index is 2.90. The monoisotopic (exact) mass is 277 g/mol. The van der Waals surface area contributed by atoms with Gasteiger partial charge in [-0.1, -0.05) is 0 Å². The molecule has 7 heteroatoms. The quantitative estimate of drug-likeness (QED) is 0.769. The second-order valence-electron chi connectivity index (χ2n) is 2.54. The van der Waals surface area contributed by atoms with E-state index in [1.165, 1.54) is 11.3 Å². The number of hydrogen-bond acceptors (Lipinski definition) is 3. The lowest BCUT2D eigenvalue weighted by molar-refractivity contribution is -0.117. The van der Waals surface area contributed by atoms with Crippen molar-refractivity contribution >= 4 is 44.2 Å². The van der Waals surface area contributed by atoms with E-state index >= 15 is 0 Å². The van der Waals surface area contributed by atoms with Crippen LogP contribution < -0.4 is 16.8 Å². The van der Waals surface area contributed by atoms with Gasteiger partial charge in [0, 0.05) is 0 Å². The normalized spacial score (nSPS) is 9.79. The maximum absolute atomic E-state index is 10.7. The topological polar surface area (TPSA) is 98.2 Å². The molecule has 1 aromatic rings. The van der Waals surface area contributed by atoms with E-state index in [1.807, 2.05) is 0 Å². The zero-order valence-electron chi connectivity index (χ0n) is 7.04. The molecule has 0 aliphatic heterocycles. The number of primary amides is 2. The van der Waals surface area contributed by atoms with E-state index in [0.717, 1.165) is 3.79 Å². The van der Waals surface area contributed by atoms with Crippen LogP contribution in [0.3, 0.4) is 0 Å². The van der Waals surface area contributed by atoms with Crippen molar-refractivity contribution in [3.63, 3.8) is 0 Å². The SMILES string of the molecule is NC(=O)Cc1cc(Br)sc1NC(N)=O. The van der Waals surface area contributed by atoms with Crippen molar-refractivity contribution in [2.75, 3.05) is 5.32 Å². The van der Waals surface area contributed by atoms with Crippen LogP contribution in [-0.4, -0.2) is 11.9 Å². The summed E-state index contributed by atoms with van der Waals surface area (Å²) in [5.41, 5.74) is 10.7. The lowest BCUT2D eigenvalue weighted by atomic mass is 10.2. The van der Waals surface area contributed by atoms with Crippen LogP contribution in [-0.2, 0) is 11.2 Å². The molecule has 0 atom stereocenters. The van der Waals surface area contributed by atoms with Crippen LogP contribution >= 0.6 is 27.3 Å². The second kappa shape index (κ2) is 4.43. The van der Waals surface area contributed by atoms with Gasteiger partial charge in [0.25, 0.3) is 0 Å². The van der Waals surface area contributed by atoms with E-state index in [2.05, 4.69) is 21.2 Å². The van der Waals surface area contributed by atoms with Crippen molar-refractivity contribution in [2.24, 2.45) is 11.5 Å². The lowest BCUT2D eigenvalue weighted by Crippen LogP contribution is -2.20. The summed E-state index contributed by atoms with van der Waals surface area (Å²) >= 11 is 4.52. The summed E-state index contributed by atoms with van der Waals surface area (Å²) in [6, 6.07) is 1.06. The van der Waals surface area contributed by atoms with Gasteiger partial charge in [-0.15, -0.1) is 11.3 Å². The van der Waals surface area contributed by atoms with Gasteiger partial charge in [-0.3, -0.25) is 10.1 Å². The van der Waals surface area contributed by atoms with Gasteiger partial charge in [-0.2, -0.15) is 0 Å². The Morgan fingerprint density at radius 2 is 2.14 bits per heavy atom. The minimum Gasteiger partial charge on any atom is -0.369 e. The number of carbonyl (C=O) groups is 2. The number of nitrogens with two attached hydrogens (primary N) is 2. The van der Waals surface area contributed by atoms with Crippen molar-refractivity contribution in [3.8, 4) is 0 Å². The summed E-state index contributed by atoms with van der Waals surface area (Å²) < 4.78 is 0.803. The molecule has 76 valence electrons. The summed E-state index contributed by atoms with van der Waals surface area (Å²) in [6.07, 6.45) is 0.0811. The predicted octanol–water partition coefficient (Wildman–Crippen LogP) is 1.03. The molecule has 0 spiro atoms. The number of urea groups is 1. The van der Waals surface area contributed by atoms with Gasteiger partial charge in [0.2, 0.25) is 5.91 Å². The number of amides is 3. The summed E-state index contributed by atoms with van der Waals surface area (Å²) in [6.45, 7) is 0. The van der Waals surface area contributed by atoms with Gasteiger partial charge in [0.05, 0.1) is 10.2 Å². The Labute approximate surface area is 92.6 Å². The summed E-state index contributed by atoms with van der Waals surface area (Å²) in [5, 5.41) is 2.96. The Hall–Kier alpha value is -1.08. The van der Waals surface area contributed by atoms with E-state index < -0.39 is 11.9 Å². The van der Waals surface area contributed by atoms with Crippen molar-refractivity contribution < 1.29 is 9.59 Å². The molecule has 5 nitrogen and oxygen atoms in total. The standard InChI is InChI=1S/C7H8BrN3O2S/c8-4-1-3(2-5(9)12)6(14-4)11-7(10)13/h1H,2H2,(H2,9,12)(H3,10,11,13). The van der Waals surface area contributed by atoms with E-state index in [0.29, 0.717) is 10.6 Å². The van der Waals surface area contributed by atoms with Gasteiger partial charge in [-0.05, 0) is 27.6 Å². The zero-order chi connectivity index (χ0) is 10.7. The first-order chi connectivity index (χ1) is 6.49. The Kier molecular flexibility index (Phi) is 3.48. The Bertz CT molecular complexity index is 344. The van der Waals surface area contributed by atoms with Gasteiger partial charge < -0.3 is 11.5 Å². The van der Waals surface area contributed by atoms with Crippen molar-refractivity contribution in [3.05, 3.63) is 15.4 Å². The number of rotatable bonds is 3. The third-order valence-corrected chi connectivity index (χ3v) is 2.98. The average Bonchev–Trinajstić information content (AvgIpc) is 2.28. The number of halogens is 1. The molecule has 0 saturated carbocycles. The van der Waals surface area contributed by atoms with Crippen LogP contribution in [0.15, 0.2) is 9.85 Å². The first kappa shape index (κ1) is 11.0. The molecule has 0 radical (unpaired) electrons. The third-order valence-electron chi connectivity index (χ3n) is 1.38. The first-order valence-corrected chi connectivity index (χ1v) is 5.23. The van der Waals surface area contributed by atoms with E-state index in [4.69, 9.17) is 11.5 Å². The van der Waals surface area contributed by atoms with Gasteiger partial charge >= 0.3 is 6.03 Å². The van der Waals surface area contributed by atoms with Crippen LogP contribution in [0.25, 0.3) is 0 Å². The molecule has 0 aromatic carbocycles. The number of anilines is 1. The summed E-state index contributed by atoms with van der Waals surface area (Å²) in [5.74, 6) is -0.456. The number of carbonyl (C=O) groups excluding carboxylic acids is 2. The molecule has 0 fully saturated rings. The summed E-state index contributed by atoms with van der Waals surface area (Å²) in [7, 11) is 0. The van der Waals surface area contributed by atoms with Crippen LogP contribution in [0.2, 0.25) is 0 Å². The molecule has 0 aliphatic rings. The second-order valence-corrected chi connectivity index (χ2v) is 4.97. The minimum absolute atomic E-state index is 0.0811. The largest absolute Gasteiger partial charge is 0.369 e. The zero-order valence-corrected chi connectivity index (χ0v) is 9.44. The number of nitrogens with one attached hydrogen (secondary N) is 1. The van der Waals surface area contributed by atoms with E-state index in [9.17, 15) is 9.59 Å². The molecule has 14 heavy (non-hydrogen) atoms. The van der Waals surface area contributed by atoms with E-state index in [1.54, 1.807) is 6.07 Å².